The number of aliphatic hydroxyl groups excluding tert-OH is 2. The maximum atomic E-state index is 11.9. The lowest BCUT2D eigenvalue weighted by molar-refractivity contribution is -0.121. The van der Waals surface area contributed by atoms with Crippen molar-refractivity contribution < 1.29 is 15.0 Å². The molecule has 0 radical (unpaired) electrons. The maximum absolute atomic E-state index is 11.9. The number of amides is 1. The van der Waals surface area contributed by atoms with Crippen molar-refractivity contribution in [1.29, 1.82) is 0 Å². The van der Waals surface area contributed by atoms with Gasteiger partial charge < -0.3 is 15.5 Å². The van der Waals surface area contributed by atoms with Gasteiger partial charge in [-0.25, -0.2) is 0 Å². The highest BCUT2D eigenvalue weighted by Crippen LogP contribution is 2.25. The molecular weight excluding hydrogens is 242 g/mol. The molecule has 3 atom stereocenters. The molecule has 1 aromatic carbocycles. The molecule has 1 saturated carbocycles. The Morgan fingerprint density at radius 3 is 2.84 bits per heavy atom. The average Bonchev–Trinajstić information content (AvgIpc) is 2.69. The molecule has 0 heterocycles. The van der Waals surface area contributed by atoms with Crippen LogP contribution in [0.15, 0.2) is 24.3 Å². The lowest BCUT2D eigenvalue weighted by Crippen LogP contribution is -2.34. The normalized spacial score (nSPS) is 26.4. The summed E-state index contributed by atoms with van der Waals surface area (Å²) in [4.78, 5) is 11.9. The lowest BCUT2D eigenvalue weighted by atomic mass is 10.1. The van der Waals surface area contributed by atoms with Gasteiger partial charge in [0.05, 0.1) is 12.5 Å². The quantitative estimate of drug-likeness (QED) is 0.752. The van der Waals surface area contributed by atoms with Crippen molar-refractivity contribution in [3.8, 4) is 0 Å². The third-order valence-corrected chi connectivity index (χ3v) is 3.70. The minimum absolute atomic E-state index is 0.0224. The number of hydrogen-bond acceptors (Lipinski definition) is 3. The number of nitrogens with one attached hydrogen (secondary N) is 1. The van der Waals surface area contributed by atoms with Crippen LogP contribution in [0.5, 0.6) is 0 Å². The van der Waals surface area contributed by atoms with Gasteiger partial charge in [-0.1, -0.05) is 29.8 Å². The van der Waals surface area contributed by atoms with Crippen molar-refractivity contribution in [3.63, 3.8) is 0 Å². The van der Waals surface area contributed by atoms with Crippen LogP contribution < -0.4 is 5.32 Å². The number of aryl methyl sites for hydroxylation is 1. The fourth-order valence-corrected chi connectivity index (χ4v) is 2.70. The largest absolute Gasteiger partial charge is 0.396 e. The Labute approximate surface area is 113 Å². The summed E-state index contributed by atoms with van der Waals surface area (Å²) in [6.45, 7) is 1.98. The first kappa shape index (κ1) is 14.0. The number of carbonyl (C=O) groups excluding carboxylic acids is 1. The lowest BCUT2D eigenvalue weighted by Gasteiger charge is -2.12. The molecule has 1 amide bonds. The Morgan fingerprint density at radius 2 is 2.21 bits per heavy atom. The molecule has 1 fully saturated rings. The minimum Gasteiger partial charge on any atom is -0.396 e. The molecule has 0 saturated heterocycles. The van der Waals surface area contributed by atoms with Gasteiger partial charge in [-0.2, -0.15) is 0 Å². The summed E-state index contributed by atoms with van der Waals surface area (Å²) in [5, 5.41) is 21.7. The van der Waals surface area contributed by atoms with Crippen LogP contribution in [-0.2, 0) is 11.2 Å². The summed E-state index contributed by atoms with van der Waals surface area (Å²) < 4.78 is 0. The molecular formula is C15H21NO3. The molecule has 1 aromatic rings. The summed E-state index contributed by atoms with van der Waals surface area (Å²) in [5.41, 5.74) is 2.14. The van der Waals surface area contributed by atoms with Gasteiger partial charge >= 0.3 is 0 Å². The molecule has 4 heteroatoms. The smallest absolute Gasteiger partial charge is 0.224 e. The van der Waals surface area contributed by atoms with Gasteiger partial charge in [0.2, 0.25) is 5.91 Å². The molecule has 3 N–H and O–H groups in total. The molecule has 19 heavy (non-hydrogen) atoms. The average molecular weight is 263 g/mol. The maximum Gasteiger partial charge on any atom is 0.224 e. The molecule has 2 rings (SSSR count). The molecule has 0 bridgehead atoms. The highest BCUT2D eigenvalue weighted by molar-refractivity contribution is 5.78. The standard InChI is InChI=1S/C15H21NO3/c1-10-3-2-4-11(5-10)6-15(19)16-13-7-12(9-17)14(18)8-13/h2-5,12-14,17-18H,6-9H2,1H3,(H,16,19). The number of carbonyl (C=O) groups is 1. The van der Waals surface area contributed by atoms with E-state index >= 15 is 0 Å². The van der Waals surface area contributed by atoms with Crippen molar-refractivity contribution in [2.24, 2.45) is 5.92 Å². The van der Waals surface area contributed by atoms with E-state index < -0.39 is 6.10 Å². The third kappa shape index (κ3) is 3.78. The van der Waals surface area contributed by atoms with E-state index in [1.165, 1.54) is 0 Å². The summed E-state index contributed by atoms with van der Waals surface area (Å²) >= 11 is 0. The Bertz CT molecular complexity index is 447. The highest BCUT2D eigenvalue weighted by atomic mass is 16.3. The van der Waals surface area contributed by atoms with Crippen molar-refractivity contribution in [2.45, 2.75) is 38.3 Å². The number of hydrogen-bond donors (Lipinski definition) is 3. The van der Waals surface area contributed by atoms with E-state index in [2.05, 4.69) is 5.32 Å². The van der Waals surface area contributed by atoms with E-state index in [0.717, 1.165) is 11.1 Å². The van der Waals surface area contributed by atoms with Crippen LogP contribution in [0.2, 0.25) is 0 Å². The minimum atomic E-state index is -0.505. The first-order valence-corrected chi connectivity index (χ1v) is 6.72. The zero-order valence-electron chi connectivity index (χ0n) is 11.2. The van der Waals surface area contributed by atoms with E-state index in [0.29, 0.717) is 19.3 Å². The Hall–Kier alpha value is -1.39. The number of rotatable bonds is 4. The monoisotopic (exact) mass is 263 g/mol. The van der Waals surface area contributed by atoms with Gasteiger partial charge in [0.25, 0.3) is 0 Å². The van der Waals surface area contributed by atoms with Crippen LogP contribution in [0.1, 0.15) is 24.0 Å². The van der Waals surface area contributed by atoms with Gasteiger partial charge in [0, 0.05) is 18.6 Å². The van der Waals surface area contributed by atoms with Crippen molar-refractivity contribution in [1.82, 2.24) is 5.32 Å². The highest BCUT2D eigenvalue weighted by Gasteiger charge is 2.33. The summed E-state index contributed by atoms with van der Waals surface area (Å²) in [5.74, 6) is -0.134. The van der Waals surface area contributed by atoms with Gasteiger partial charge in [0.1, 0.15) is 0 Å². The van der Waals surface area contributed by atoms with E-state index in [1.807, 2.05) is 31.2 Å². The second-order valence-electron chi connectivity index (χ2n) is 5.41. The Balaban J connectivity index is 1.85. The Kier molecular flexibility index (Phi) is 4.56. The molecule has 0 spiro atoms. The summed E-state index contributed by atoms with van der Waals surface area (Å²) in [6, 6.07) is 7.86. The molecule has 1 aliphatic carbocycles. The Morgan fingerprint density at radius 1 is 1.42 bits per heavy atom. The van der Waals surface area contributed by atoms with Gasteiger partial charge in [-0.05, 0) is 25.3 Å². The first-order valence-electron chi connectivity index (χ1n) is 6.72. The van der Waals surface area contributed by atoms with Crippen molar-refractivity contribution >= 4 is 5.91 Å². The molecule has 0 aliphatic heterocycles. The first-order chi connectivity index (χ1) is 9.08. The van der Waals surface area contributed by atoms with Gasteiger partial charge in [0.15, 0.2) is 0 Å². The summed E-state index contributed by atoms with van der Waals surface area (Å²) in [7, 11) is 0. The van der Waals surface area contributed by atoms with Crippen LogP contribution in [-0.4, -0.2) is 34.9 Å². The van der Waals surface area contributed by atoms with Crippen LogP contribution >= 0.6 is 0 Å². The molecule has 1 aliphatic rings. The molecule has 4 nitrogen and oxygen atoms in total. The second-order valence-corrected chi connectivity index (χ2v) is 5.41. The van der Waals surface area contributed by atoms with Gasteiger partial charge in [-0.15, -0.1) is 0 Å². The van der Waals surface area contributed by atoms with Crippen LogP contribution in [0.3, 0.4) is 0 Å². The molecule has 3 unspecified atom stereocenters. The van der Waals surface area contributed by atoms with E-state index in [1.54, 1.807) is 0 Å². The predicted molar refractivity (Wildman–Crippen MR) is 72.6 cm³/mol. The zero-order chi connectivity index (χ0) is 13.8. The summed E-state index contributed by atoms with van der Waals surface area (Å²) in [6.07, 6.45) is 1.04. The topological polar surface area (TPSA) is 69.6 Å². The molecule has 0 aromatic heterocycles. The fraction of sp³-hybridized carbons (Fsp3) is 0.533. The van der Waals surface area contributed by atoms with E-state index in [-0.39, 0.29) is 24.5 Å². The number of aliphatic hydroxyl groups is 2. The fourth-order valence-electron chi connectivity index (χ4n) is 2.70. The van der Waals surface area contributed by atoms with E-state index in [4.69, 9.17) is 5.11 Å². The SMILES string of the molecule is Cc1cccc(CC(=O)NC2CC(O)C(CO)C2)c1. The van der Waals surface area contributed by atoms with Crippen LogP contribution in [0.4, 0.5) is 0 Å². The van der Waals surface area contributed by atoms with Crippen LogP contribution in [0.25, 0.3) is 0 Å². The molecule has 104 valence electrons. The second kappa shape index (κ2) is 6.17. The van der Waals surface area contributed by atoms with E-state index in [9.17, 15) is 9.90 Å². The predicted octanol–water partition coefficient (Wildman–Crippen LogP) is 0.786. The van der Waals surface area contributed by atoms with Crippen molar-refractivity contribution in [2.75, 3.05) is 6.61 Å². The zero-order valence-corrected chi connectivity index (χ0v) is 11.2. The van der Waals surface area contributed by atoms with Crippen LogP contribution in [0, 0.1) is 12.8 Å². The third-order valence-electron chi connectivity index (χ3n) is 3.70. The number of benzene rings is 1. The van der Waals surface area contributed by atoms with Crippen molar-refractivity contribution in [3.05, 3.63) is 35.4 Å². The van der Waals surface area contributed by atoms with Gasteiger partial charge in [-0.3, -0.25) is 4.79 Å².